The van der Waals surface area contributed by atoms with E-state index < -0.39 is 5.60 Å². The second-order valence-corrected chi connectivity index (χ2v) is 5.97. The van der Waals surface area contributed by atoms with Crippen molar-refractivity contribution < 1.29 is 9.90 Å². The summed E-state index contributed by atoms with van der Waals surface area (Å²) in [7, 11) is 0. The fraction of sp³-hybridized carbons (Fsp3) is 0.533. The molecule has 0 radical (unpaired) electrons. The first-order valence-corrected chi connectivity index (χ1v) is 7.39. The molecule has 1 aliphatic carbocycles. The second kappa shape index (κ2) is 5.44. The first-order valence-electron chi connectivity index (χ1n) is 7.39. The topological polar surface area (TPSA) is 79.5 Å². The molecule has 21 heavy (non-hydrogen) atoms. The third-order valence-corrected chi connectivity index (χ3v) is 4.09. The number of aryl methyl sites for hydroxylation is 1. The Bertz CT molecular complexity index is 659. The fourth-order valence-corrected chi connectivity index (χ4v) is 2.93. The van der Waals surface area contributed by atoms with E-state index in [9.17, 15) is 9.90 Å². The van der Waals surface area contributed by atoms with Gasteiger partial charge < -0.3 is 5.11 Å². The summed E-state index contributed by atoms with van der Waals surface area (Å²) in [4.78, 5) is 12.1. The van der Waals surface area contributed by atoms with Crippen LogP contribution < -0.4 is 5.32 Å². The van der Waals surface area contributed by atoms with Crippen molar-refractivity contribution in [2.24, 2.45) is 0 Å². The Morgan fingerprint density at radius 1 is 1.38 bits per heavy atom. The molecule has 0 atom stereocenters. The van der Waals surface area contributed by atoms with Crippen LogP contribution in [0.5, 0.6) is 0 Å². The Balaban J connectivity index is 1.71. The highest BCUT2D eigenvalue weighted by Crippen LogP contribution is 2.31. The monoisotopic (exact) mass is 288 g/mol. The van der Waals surface area contributed by atoms with Crippen LogP contribution in [-0.2, 0) is 4.79 Å². The first-order chi connectivity index (χ1) is 10.1. The number of aromatic nitrogens is 3. The van der Waals surface area contributed by atoms with E-state index >= 15 is 0 Å². The van der Waals surface area contributed by atoms with E-state index in [1.54, 1.807) is 4.40 Å². The molecule has 0 spiro atoms. The van der Waals surface area contributed by atoms with Gasteiger partial charge in [-0.25, -0.2) is 0 Å². The molecule has 1 aliphatic rings. The van der Waals surface area contributed by atoms with Gasteiger partial charge in [-0.15, -0.1) is 10.2 Å². The molecule has 0 bridgehead atoms. The predicted octanol–water partition coefficient (Wildman–Crippen LogP) is 2.06. The molecule has 6 nitrogen and oxygen atoms in total. The van der Waals surface area contributed by atoms with Crippen molar-refractivity contribution in [3.8, 4) is 0 Å². The number of hydrogen-bond donors (Lipinski definition) is 2. The maximum Gasteiger partial charge on any atom is 0.235 e. The highest BCUT2D eigenvalue weighted by Gasteiger charge is 2.32. The van der Waals surface area contributed by atoms with Gasteiger partial charge in [-0.1, -0.05) is 19.3 Å². The van der Waals surface area contributed by atoms with E-state index in [2.05, 4.69) is 15.5 Å². The van der Waals surface area contributed by atoms with Crippen LogP contribution in [0.4, 0.5) is 5.95 Å². The van der Waals surface area contributed by atoms with Gasteiger partial charge in [0.25, 0.3) is 0 Å². The quantitative estimate of drug-likeness (QED) is 0.906. The minimum Gasteiger partial charge on any atom is -0.389 e. The SMILES string of the molecule is Cc1ccn2c(NC(=O)CC3(O)CCCCC3)nnc2c1. The van der Waals surface area contributed by atoms with Crippen LogP contribution in [0.25, 0.3) is 5.65 Å². The molecule has 1 amide bonds. The number of rotatable bonds is 3. The van der Waals surface area contributed by atoms with Crippen molar-refractivity contribution in [1.82, 2.24) is 14.6 Å². The molecule has 2 aromatic rings. The number of nitrogens with one attached hydrogen (secondary N) is 1. The van der Waals surface area contributed by atoms with Gasteiger partial charge in [0.2, 0.25) is 11.9 Å². The smallest absolute Gasteiger partial charge is 0.235 e. The third-order valence-electron chi connectivity index (χ3n) is 4.09. The summed E-state index contributed by atoms with van der Waals surface area (Å²) >= 11 is 0. The summed E-state index contributed by atoms with van der Waals surface area (Å²) in [6, 6.07) is 3.83. The van der Waals surface area contributed by atoms with E-state index in [0.717, 1.165) is 24.8 Å². The standard InChI is InChI=1S/C15H20N4O2/c1-11-5-8-19-12(9-11)17-18-14(19)16-13(20)10-15(21)6-3-2-4-7-15/h5,8-9,21H,2-4,6-7,10H2,1H3,(H,16,18,20). The molecule has 0 unspecified atom stereocenters. The Kier molecular flexibility index (Phi) is 3.63. The molecular weight excluding hydrogens is 268 g/mol. The molecule has 0 aliphatic heterocycles. The number of pyridine rings is 1. The summed E-state index contributed by atoms with van der Waals surface area (Å²) in [5.41, 5.74) is 0.922. The lowest BCUT2D eigenvalue weighted by atomic mass is 9.82. The van der Waals surface area contributed by atoms with E-state index in [1.807, 2.05) is 25.3 Å². The molecule has 0 saturated heterocycles. The van der Waals surface area contributed by atoms with Gasteiger partial charge in [0.15, 0.2) is 5.65 Å². The summed E-state index contributed by atoms with van der Waals surface area (Å²) < 4.78 is 1.73. The number of carbonyl (C=O) groups excluding carboxylic acids is 1. The van der Waals surface area contributed by atoms with Gasteiger partial charge in [-0.05, 0) is 37.5 Å². The molecule has 1 saturated carbocycles. The maximum atomic E-state index is 12.1. The van der Waals surface area contributed by atoms with Gasteiger partial charge in [0.1, 0.15) is 0 Å². The summed E-state index contributed by atoms with van der Waals surface area (Å²) in [6.07, 6.45) is 6.44. The van der Waals surface area contributed by atoms with Crippen molar-refractivity contribution in [2.75, 3.05) is 5.32 Å². The Morgan fingerprint density at radius 2 is 2.14 bits per heavy atom. The minimum atomic E-state index is -0.862. The Morgan fingerprint density at radius 3 is 2.90 bits per heavy atom. The number of hydrogen-bond acceptors (Lipinski definition) is 4. The predicted molar refractivity (Wildman–Crippen MR) is 79.0 cm³/mol. The lowest BCUT2D eigenvalue weighted by Gasteiger charge is -2.31. The van der Waals surface area contributed by atoms with Crippen molar-refractivity contribution in [3.63, 3.8) is 0 Å². The lowest BCUT2D eigenvalue weighted by Crippen LogP contribution is -2.36. The summed E-state index contributed by atoms with van der Waals surface area (Å²) in [6.45, 7) is 1.98. The van der Waals surface area contributed by atoms with E-state index in [0.29, 0.717) is 24.4 Å². The molecule has 0 aromatic carbocycles. The van der Waals surface area contributed by atoms with E-state index in [1.165, 1.54) is 0 Å². The average molecular weight is 288 g/mol. The molecule has 1 fully saturated rings. The van der Waals surface area contributed by atoms with E-state index in [4.69, 9.17) is 0 Å². The van der Waals surface area contributed by atoms with Crippen LogP contribution in [0, 0.1) is 6.92 Å². The van der Waals surface area contributed by atoms with Gasteiger partial charge in [-0.3, -0.25) is 14.5 Å². The zero-order valence-corrected chi connectivity index (χ0v) is 12.2. The molecule has 112 valence electrons. The Labute approximate surface area is 123 Å². The highest BCUT2D eigenvalue weighted by atomic mass is 16.3. The van der Waals surface area contributed by atoms with Gasteiger partial charge >= 0.3 is 0 Å². The summed E-state index contributed by atoms with van der Waals surface area (Å²) in [5, 5.41) is 21.2. The van der Waals surface area contributed by atoms with Crippen molar-refractivity contribution in [2.45, 2.75) is 51.0 Å². The van der Waals surface area contributed by atoms with Gasteiger partial charge in [-0.2, -0.15) is 0 Å². The van der Waals surface area contributed by atoms with Crippen LogP contribution in [-0.4, -0.2) is 31.2 Å². The lowest BCUT2D eigenvalue weighted by molar-refractivity contribution is -0.122. The summed E-state index contributed by atoms with van der Waals surface area (Å²) in [5.74, 6) is 0.184. The first kappa shape index (κ1) is 14.0. The largest absolute Gasteiger partial charge is 0.389 e. The van der Waals surface area contributed by atoms with Crippen molar-refractivity contribution in [1.29, 1.82) is 0 Å². The number of carbonyl (C=O) groups is 1. The molecule has 6 heteroatoms. The van der Waals surface area contributed by atoms with Crippen molar-refractivity contribution >= 4 is 17.5 Å². The van der Waals surface area contributed by atoms with E-state index in [-0.39, 0.29) is 12.3 Å². The number of amides is 1. The second-order valence-electron chi connectivity index (χ2n) is 5.97. The third kappa shape index (κ3) is 3.05. The normalized spacial score (nSPS) is 17.8. The van der Waals surface area contributed by atoms with Crippen LogP contribution in [0.1, 0.15) is 44.1 Å². The zero-order valence-electron chi connectivity index (χ0n) is 12.2. The number of anilines is 1. The minimum absolute atomic E-state index is 0.119. The maximum absolute atomic E-state index is 12.1. The average Bonchev–Trinajstić information content (AvgIpc) is 2.81. The Hall–Kier alpha value is -1.95. The van der Waals surface area contributed by atoms with Crippen LogP contribution in [0.15, 0.2) is 18.3 Å². The number of aliphatic hydroxyl groups is 1. The van der Waals surface area contributed by atoms with Gasteiger partial charge in [0.05, 0.1) is 12.0 Å². The van der Waals surface area contributed by atoms with Crippen LogP contribution in [0.2, 0.25) is 0 Å². The van der Waals surface area contributed by atoms with Crippen LogP contribution >= 0.6 is 0 Å². The zero-order chi connectivity index (χ0) is 14.9. The fourth-order valence-electron chi connectivity index (χ4n) is 2.93. The molecular formula is C15H20N4O2. The van der Waals surface area contributed by atoms with Crippen LogP contribution in [0.3, 0.4) is 0 Å². The van der Waals surface area contributed by atoms with Crippen molar-refractivity contribution in [3.05, 3.63) is 23.9 Å². The molecule has 2 heterocycles. The molecule has 2 N–H and O–H groups in total. The van der Waals surface area contributed by atoms with Gasteiger partial charge in [0, 0.05) is 6.20 Å². The molecule has 2 aromatic heterocycles. The number of nitrogens with zero attached hydrogens (tertiary/aromatic N) is 3. The molecule has 3 rings (SSSR count). The number of fused-ring (bicyclic) bond motifs is 1. The highest BCUT2D eigenvalue weighted by molar-refractivity contribution is 5.90.